The topological polar surface area (TPSA) is 77.8 Å². The summed E-state index contributed by atoms with van der Waals surface area (Å²) in [6.07, 6.45) is -4.12. The van der Waals surface area contributed by atoms with E-state index in [4.69, 9.17) is 13.9 Å². The third-order valence-electron chi connectivity index (χ3n) is 5.30. The number of fused-ring (bicyclic) bond motifs is 1. The number of benzene rings is 3. The Labute approximate surface area is 204 Å². The molecule has 0 unspecified atom stereocenters. The van der Waals surface area contributed by atoms with Crippen molar-refractivity contribution < 1.29 is 31.9 Å². The average molecular weight is 497 g/mol. The molecule has 0 bridgehead atoms. The molecule has 0 saturated carbocycles. The number of ether oxygens (including phenoxy) is 2. The highest BCUT2D eigenvalue weighted by atomic mass is 19.4. The number of anilines is 1. The zero-order valence-electron chi connectivity index (χ0n) is 19.4. The maximum atomic E-state index is 13.8. The lowest BCUT2D eigenvalue weighted by Gasteiger charge is -2.14. The van der Waals surface area contributed by atoms with Gasteiger partial charge in [0.05, 0.1) is 5.39 Å². The van der Waals surface area contributed by atoms with Crippen LogP contribution in [0.1, 0.15) is 23.8 Å². The van der Waals surface area contributed by atoms with Crippen LogP contribution in [0.2, 0.25) is 0 Å². The number of hydrogen-bond acceptors (Lipinski definition) is 5. The Kier molecular flexibility index (Phi) is 7.00. The predicted octanol–water partition coefficient (Wildman–Crippen LogP) is 6.49. The standard InChI is InChI=1S/C27H22F3NO5/c1-3-17-7-9-18(10-8-17)31-23(32)15-34-19-11-12-21-22(14-19)36-26(27(28,29)30)25(24(21)33)35-20-6-4-5-16(2)13-20/h4-14H,3,15H2,1-2H3,(H,31,32). The van der Waals surface area contributed by atoms with Gasteiger partial charge < -0.3 is 19.2 Å². The molecular formula is C27H22F3NO5. The average Bonchev–Trinajstić information content (AvgIpc) is 2.84. The Morgan fingerprint density at radius 2 is 1.75 bits per heavy atom. The lowest BCUT2D eigenvalue weighted by Crippen LogP contribution is -2.20. The van der Waals surface area contributed by atoms with E-state index >= 15 is 0 Å². The van der Waals surface area contributed by atoms with Crippen LogP contribution >= 0.6 is 0 Å². The van der Waals surface area contributed by atoms with Crippen LogP contribution in [0, 0.1) is 6.92 Å². The van der Waals surface area contributed by atoms with Gasteiger partial charge in [-0.2, -0.15) is 13.2 Å². The van der Waals surface area contributed by atoms with Gasteiger partial charge in [0.15, 0.2) is 6.61 Å². The molecule has 36 heavy (non-hydrogen) atoms. The minimum atomic E-state index is -4.99. The van der Waals surface area contributed by atoms with Gasteiger partial charge in [0.1, 0.15) is 17.1 Å². The van der Waals surface area contributed by atoms with Gasteiger partial charge in [-0.1, -0.05) is 31.2 Å². The molecule has 4 rings (SSSR count). The van der Waals surface area contributed by atoms with E-state index in [1.807, 2.05) is 19.1 Å². The largest absolute Gasteiger partial charge is 0.484 e. The molecule has 0 aliphatic heterocycles. The smallest absolute Gasteiger partial charge is 0.453 e. The summed E-state index contributed by atoms with van der Waals surface area (Å²) in [5, 5.41) is 2.54. The first-order valence-electron chi connectivity index (χ1n) is 11.1. The number of carbonyl (C=O) groups excluding carboxylic acids is 1. The van der Waals surface area contributed by atoms with Crippen molar-refractivity contribution in [2.24, 2.45) is 0 Å². The third kappa shape index (κ3) is 5.68. The molecule has 0 aliphatic carbocycles. The summed E-state index contributed by atoms with van der Waals surface area (Å²) in [6, 6.07) is 17.3. The first-order chi connectivity index (χ1) is 17.1. The number of rotatable bonds is 7. The second kappa shape index (κ2) is 10.2. The van der Waals surface area contributed by atoms with E-state index < -0.39 is 35.6 Å². The van der Waals surface area contributed by atoms with Gasteiger partial charge in [-0.3, -0.25) is 9.59 Å². The van der Waals surface area contributed by atoms with E-state index in [9.17, 15) is 22.8 Å². The maximum absolute atomic E-state index is 13.8. The van der Waals surface area contributed by atoms with Crippen molar-refractivity contribution >= 4 is 22.6 Å². The Balaban J connectivity index is 1.57. The molecule has 186 valence electrons. The van der Waals surface area contributed by atoms with E-state index in [0.29, 0.717) is 5.69 Å². The van der Waals surface area contributed by atoms with Crippen LogP contribution in [0.15, 0.2) is 75.9 Å². The van der Waals surface area contributed by atoms with E-state index in [2.05, 4.69) is 5.32 Å². The summed E-state index contributed by atoms with van der Waals surface area (Å²) >= 11 is 0. The second-order valence-corrected chi connectivity index (χ2v) is 8.05. The van der Waals surface area contributed by atoms with Crippen molar-refractivity contribution in [1.82, 2.24) is 0 Å². The summed E-state index contributed by atoms with van der Waals surface area (Å²) in [5.41, 5.74) is 1.12. The van der Waals surface area contributed by atoms with Gasteiger partial charge in [-0.05, 0) is 60.9 Å². The molecule has 0 aliphatic rings. The van der Waals surface area contributed by atoms with Gasteiger partial charge in [0, 0.05) is 11.8 Å². The highest BCUT2D eigenvalue weighted by Crippen LogP contribution is 2.38. The van der Waals surface area contributed by atoms with Crippen LogP contribution < -0.4 is 20.2 Å². The van der Waals surface area contributed by atoms with Crippen LogP contribution in [-0.2, 0) is 17.4 Å². The fraction of sp³-hybridized carbons (Fsp3) is 0.185. The second-order valence-electron chi connectivity index (χ2n) is 8.05. The SMILES string of the molecule is CCc1ccc(NC(=O)COc2ccc3c(=O)c(Oc4cccc(C)c4)c(C(F)(F)F)oc3c2)cc1. The number of halogens is 3. The summed E-state index contributed by atoms with van der Waals surface area (Å²) in [7, 11) is 0. The Hall–Kier alpha value is -4.27. The van der Waals surface area contributed by atoms with Gasteiger partial charge in [0.2, 0.25) is 11.2 Å². The summed E-state index contributed by atoms with van der Waals surface area (Å²) in [6.45, 7) is 3.36. The van der Waals surface area contributed by atoms with Crippen LogP contribution in [0.3, 0.4) is 0 Å². The lowest BCUT2D eigenvalue weighted by atomic mass is 10.1. The number of alkyl halides is 3. The van der Waals surface area contributed by atoms with E-state index in [1.54, 1.807) is 31.2 Å². The number of nitrogens with one attached hydrogen (secondary N) is 1. The van der Waals surface area contributed by atoms with Crippen molar-refractivity contribution in [3.05, 3.63) is 93.8 Å². The Morgan fingerprint density at radius 3 is 2.42 bits per heavy atom. The zero-order valence-corrected chi connectivity index (χ0v) is 19.4. The van der Waals surface area contributed by atoms with Crippen molar-refractivity contribution in [2.75, 3.05) is 11.9 Å². The minimum Gasteiger partial charge on any atom is -0.484 e. The quantitative estimate of drug-likeness (QED) is 0.316. The number of carbonyl (C=O) groups is 1. The van der Waals surface area contributed by atoms with Crippen molar-refractivity contribution in [1.29, 1.82) is 0 Å². The number of hydrogen-bond donors (Lipinski definition) is 1. The molecule has 0 atom stereocenters. The van der Waals surface area contributed by atoms with Crippen LogP contribution in [-0.4, -0.2) is 12.5 Å². The maximum Gasteiger partial charge on any atom is 0.453 e. The predicted molar refractivity (Wildman–Crippen MR) is 129 cm³/mol. The summed E-state index contributed by atoms with van der Waals surface area (Å²) < 4.78 is 57.1. The zero-order chi connectivity index (χ0) is 25.9. The lowest BCUT2D eigenvalue weighted by molar-refractivity contribution is -0.154. The molecular weight excluding hydrogens is 475 g/mol. The van der Waals surface area contributed by atoms with E-state index in [0.717, 1.165) is 23.6 Å². The minimum absolute atomic E-state index is 0.0580. The molecule has 1 aromatic heterocycles. The molecule has 6 nitrogen and oxygen atoms in total. The van der Waals surface area contributed by atoms with Gasteiger partial charge in [0.25, 0.3) is 11.7 Å². The normalized spacial score (nSPS) is 11.4. The summed E-state index contributed by atoms with van der Waals surface area (Å²) in [5.74, 6) is -2.85. The first kappa shape index (κ1) is 24.8. The molecule has 4 aromatic rings. The number of amides is 1. The first-order valence-corrected chi connectivity index (χ1v) is 11.1. The molecule has 1 N–H and O–H groups in total. The van der Waals surface area contributed by atoms with Crippen LogP contribution in [0.25, 0.3) is 11.0 Å². The van der Waals surface area contributed by atoms with Crippen LogP contribution in [0.4, 0.5) is 18.9 Å². The molecule has 0 fully saturated rings. The fourth-order valence-corrected chi connectivity index (χ4v) is 3.49. The van der Waals surface area contributed by atoms with Gasteiger partial charge >= 0.3 is 6.18 Å². The summed E-state index contributed by atoms with van der Waals surface area (Å²) in [4.78, 5) is 25.1. The molecule has 0 spiro atoms. The van der Waals surface area contributed by atoms with Crippen molar-refractivity contribution in [2.45, 2.75) is 26.4 Å². The van der Waals surface area contributed by atoms with E-state index in [-0.39, 0.29) is 22.5 Å². The number of aryl methyl sites for hydroxylation is 2. The molecule has 1 amide bonds. The van der Waals surface area contributed by atoms with Crippen LogP contribution in [0.5, 0.6) is 17.2 Å². The highest BCUT2D eigenvalue weighted by Gasteiger charge is 2.40. The van der Waals surface area contributed by atoms with Gasteiger partial charge in [-0.25, -0.2) is 0 Å². The Morgan fingerprint density at radius 1 is 1.00 bits per heavy atom. The molecule has 1 heterocycles. The molecule has 0 radical (unpaired) electrons. The van der Waals surface area contributed by atoms with Crippen molar-refractivity contribution in [3.8, 4) is 17.2 Å². The molecule has 3 aromatic carbocycles. The monoisotopic (exact) mass is 497 g/mol. The molecule has 9 heteroatoms. The van der Waals surface area contributed by atoms with E-state index in [1.165, 1.54) is 24.3 Å². The highest BCUT2D eigenvalue weighted by molar-refractivity contribution is 5.92. The third-order valence-corrected chi connectivity index (χ3v) is 5.30. The van der Waals surface area contributed by atoms with Crippen molar-refractivity contribution in [3.63, 3.8) is 0 Å². The molecule has 0 saturated heterocycles. The Bertz CT molecular complexity index is 1460. The fourth-order valence-electron chi connectivity index (χ4n) is 3.49. The van der Waals surface area contributed by atoms with Gasteiger partial charge in [-0.15, -0.1) is 0 Å².